The molecule has 0 spiro atoms. The van der Waals surface area contributed by atoms with E-state index >= 15 is 0 Å². The minimum Gasteiger partial charge on any atom is -0.314 e. The Balaban J connectivity index is 3.72. The average molecular weight is 214 g/mol. The van der Waals surface area contributed by atoms with E-state index in [-0.39, 0.29) is 0 Å². The van der Waals surface area contributed by atoms with E-state index in [0.29, 0.717) is 18.1 Å². The van der Waals surface area contributed by atoms with E-state index in [2.05, 4.69) is 51.9 Å². The summed E-state index contributed by atoms with van der Waals surface area (Å²) >= 11 is 0. The van der Waals surface area contributed by atoms with Crippen LogP contribution >= 0.6 is 0 Å². The zero-order valence-corrected chi connectivity index (χ0v) is 11.5. The van der Waals surface area contributed by atoms with Gasteiger partial charge in [-0.3, -0.25) is 0 Å². The number of nitrogens with zero attached hydrogens (tertiary/aromatic N) is 1. The Morgan fingerprint density at radius 3 is 2.00 bits per heavy atom. The van der Waals surface area contributed by atoms with E-state index < -0.39 is 0 Å². The van der Waals surface area contributed by atoms with Crippen molar-refractivity contribution >= 4 is 0 Å². The molecule has 0 aliphatic heterocycles. The summed E-state index contributed by atoms with van der Waals surface area (Å²) < 4.78 is 0. The van der Waals surface area contributed by atoms with Crippen LogP contribution in [0, 0.1) is 0 Å². The van der Waals surface area contributed by atoms with Gasteiger partial charge < -0.3 is 10.2 Å². The second-order valence-electron chi connectivity index (χ2n) is 5.05. The highest BCUT2D eigenvalue weighted by Gasteiger charge is 2.14. The molecule has 2 unspecified atom stereocenters. The summed E-state index contributed by atoms with van der Waals surface area (Å²) in [6.07, 6.45) is 3.82. The molecule has 2 atom stereocenters. The Morgan fingerprint density at radius 1 is 1.00 bits per heavy atom. The van der Waals surface area contributed by atoms with Gasteiger partial charge in [-0.2, -0.15) is 0 Å². The Morgan fingerprint density at radius 2 is 1.53 bits per heavy atom. The monoisotopic (exact) mass is 214 g/mol. The fourth-order valence-corrected chi connectivity index (χ4v) is 1.84. The van der Waals surface area contributed by atoms with Gasteiger partial charge in [-0.05, 0) is 40.3 Å². The van der Waals surface area contributed by atoms with Gasteiger partial charge in [0.15, 0.2) is 0 Å². The lowest BCUT2D eigenvalue weighted by molar-refractivity contribution is 0.177. The van der Waals surface area contributed by atoms with Crippen LogP contribution in [0.5, 0.6) is 0 Å². The first-order valence-electron chi connectivity index (χ1n) is 6.44. The molecule has 0 aromatic rings. The number of hydrogen-bond acceptors (Lipinski definition) is 2. The summed E-state index contributed by atoms with van der Waals surface area (Å²) in [5.74, 6) is 0. The summed E-state index contributed by atoms with van der Waals surface area (Å²) in [4.78, 5) is 2.51. The van der Waals surface area contributed by atoms with E-state index in [0.717, 1.165) is 6.54 Å². The topological polar surface area (TPSA) is 15.3 Å². The molecule has 0 rings (SSSR count). The fourth-order valence-electron chi connectivity index (χ4n) is 1.84. The van der Waals surface area contributed by atoms with Crippen LogP contribution in [0.3, 0.4) is 0 Å². The van der Waals surface area contributed by atoms with Crippen LogP contribution in [0.1, 0.15) is 53.9 Å². The van der Waals surface area contributed by atoms with Gasteiger partial charge in [-0.25, -0.2) is 0 Å². The van der Waals surface area contributed by atoms with Crippen molar-refractivity contribution in [3.8, 4) is 0 Å². The van der Waals surface area contributed by atoms with Crippen LogP contribution in [0.25, 0.3) is 0 Å². The van der Waals surface area contributed by atoms with Crippen molar-refractivity contribution < 1.29 is 0 Å². The summed E-state index contributed by atoms with van der Waals surface area (Å²) in [7, 11) is 2.25. The SMILES string of the molecule is CCCC(C)N(C)C(C)CCNC(C)C. The molecular weight excluding hydrogens is 184 g/mol. The molecule has 0 aliphatic carbocycles. The smallest absolute Gasteiger partial charge is 0.00787 e. The lowest BCUT2D eigenvalue weighted by Crippen LogP contribution is -2.39. The largest absolute Gasteiger partial charge is 0.314 e. The van der Waals surface area contributed by atoms with Crippen LogP contribution in [-0.2, 0) is 0 Å². The summed E-state index contributed by atoms with van der Waals surface area (Å²) in [6.45, 7) is 12.4. The molecule has 0 fully saturated rings. The first kappa shape index (κ1) is 14.9. The van der Waals surface area contributed by atoms with Crippen LogP contribution in [0.4, 0.5) is 0 Å². The van der Waals surface area contributed by atoms with E-state index in [1.807, 2.05) is 0 Å². The van der Waals surface area contributed by atoms with Crippen molar-refractivity contribution in [3.63, 3.8) is 0 Å². The van der Waals surface area contributed by atoms with Crippen molar-refractivity contribution in [1.82, 2.24) is 10.2 Å². The maximum atomic E-state index is 3.48. The van der Waals surface area contributed by atoms with E-state index in [4.69, 9.17) is 0 Å². The molecule has 1 N–H and O–H groups in total. The quantitative estimate of drug-likeness (QED) is 0.668. The van der Waals surface area contributed by atoms with Gasteiger partial charge >= 0.3 is 0 Å². The molecule has 0 aliphatic rings. The highest BCUT2D eigenvalue weighted by molar-refractivity contribution is 4.71. The van der Waals surface area contributed by atoms with Gasteiger partial charge in [0.2, 0.25) is 0 Å². The Bertz CT molecular complexity index is 145. The van der Waals surface area contributed by atoms with Gasteiger partial charge in [0.25, 0.3) is 0 Å². The molecule has 0 heterocycles. The lowest BCUT2D eigenvalue weighted by Gasteiger charge is -2.31. The molecule has 15 heavy (non-hydrogen) atoms. The van der Waals surface area contributed by atoms with Crippen molar-refractivity contribution in [3.05, 3.63) is 0 Å². The maximum absolute atomic E-state index is 3.48. The predicted molar refractivity (Wildman–Crippen MR) is 69.4 cm³/mol. The minimum absolute atomic E-state index is 0.607. The number of hydrogen-bond donors (Lipinski definition) is 1. The molecule has 2 heteroatoms. The number of rotatable bonds is 8. The molecule has 0 radical (unpaired) electrons. The molecule has 0 aromatic carbocycles. The highest BCUT2D eigenvalue weighted by Crippen LogP contribution is 2.10. The highest BCUT2D eigenvalue weighted by atomic mass is 15.1. The standard InChI is InChI=1S/C13H30N2/c1-7-8-12(4)15(6)13(5)9-10-14-11(2)3/h11-14H,7-10H2,1-6H3. The second-order valence-corrected chi connectivity index (χ2v) is 5.05. The predicted octanol–water partition coefficient (Wildman–Crippen LogP) is 2.88. The third-order valence-corrected chi connectivity index (χ3v) is 3.21. The third kappa shape index (κ3) is 6.91. The van der Waals surface area contributed by atoms with Crippen molar-refractivity contribution in [2.24, 2.45) is 0 Å². The normalized spacial score (nSPS) is 16.0. The van der Waals surface area contributed by atoms with E-state index in [1.165, 1.54) is 19.3 Å². The Labute approximate surface area is 96.4 Å². The molecule has 0 bridgehead atoms. The molecular formula is C13H30N2. The summed E-state index contributed by atoms with van der Waals surface area (Å²) in [5.41, 5.74) is 0. The average Bonchev–Trinajstić information content (AvgIpc) is 2.16. The zero-order valence-electron chi connectivity index (χ0n) is 11.5. The lowest BCUT2D eigenvalue weighted by atomic mass is 10.1. The fraction of sp³-hybridized carbons (Fsp3) is 1.00. The van der Waals surface area contributed by atoms with Crippen molar-refractivity contribution in [1.29, 1.82) is 0 Å². The zero-order chi connectivity index (χ0) is 11.8. The first-order valence-corrected chi connectivity index (χ1v) is 6.44. The van der Waals surface area contributed by atoms with Gasteiger partial charge in [0, 0.05) is 18.1 Å². The third-order valence-electron chi connectivity index (χ3n) is 3.21. The van der Waals surface area contributed by atoms with Crippen molar-refractivity contribution in [2.75, 3.05) is 13.6 Å². The van der Waals surface area contributed by atoms with Gasteiger partial charge in [0.05, 0.1) is 0 Å². The van der Waals surface area contributed by atoms with Crippen LogP contribution in [0.2, 0.25) is 0 Å². The second kappa shape index (κ2) is 8.12. The first-order chi connectivity index (χ1) is 6.99. The maximum Gasteiger partial charge on any atom is 0.00787 e. The van der Waals surface area contributed by atoms with Crippen LogP contribution in [0.15, 0.2) is 0 Å². The summed E-state index contributed by atoms with van der Waals surface area (Å²) in [6, 6.07) is 2.00. The van der Waals surface area contributed by atoms with Gasteiger partial charge in [-0.15, -0.1) is 0 Å². The van der Waals surface area contributed by atoms with Gasteiger partial charge in [0.1, 0.15) is 0 Å². The molecule has 92 valence electrons. The van der Waals surface area contributed by atoms with Crippen molar-refractivity contribution in [2.45, 2.75) is 72.0 Å². The molecule has 0 saturated heterocycles. The van der Waals surface area contributed by atoms with Crippen LogP contribution < -0.4 is 5.32 Å². The van der Waals surface area contributed by atoms with E-state index in [9.17, 15) is 0 Å². The van der Waals surface area contributed by atoms with Crippen LogP contribution in [-0.4, -0.2) is 36.6 Å². The summed E-state index contributed by atoms with van der Waals surface area (Å²) in [5, 5.41) is 3.48. The Hall–Kier alpha value is -0.0800. The molecule has 2 nitrogen and oxygen atoms in total. The molecule has 0 saturated carbocycles. The molecule has 0 aromatic heterocycles. The molecule has 0 amide bonds. The van der Waals surface area contributed by atoms with Gasteiger partial charge in [-0.1, -0.05) is 27.2 Å². The minimum atomic E-state index is 0.607. The Kier molecular flexibility index (Phi) is 8.07. The number of nitrogens with one attached hydrogen (secondary N) is 1. The van der Waals surface area contributed by atoms with E-state index in [1.54, 1.807) is 0 Å².